The summed E-state index contributed by atoms with van der Waals surface area (Å²) in [5.41, 5.74) is 2.62. The van der Waals surface area contributed by atoms with Crippen LogP contribution in [0.2, 0.25) is 0 Å². The maximum absolute atomic E-state index is 12.2. The van der Waals surface area contributed by atoms with Crippen molar-refractivity contribution in [2.45, 2.75) is 19.4 Å². The van der Waals surface area contributed by atoms with E-state index in [1.54, 1.807) is 21.3 Å². The number of methoxy groups -OCH3 is 3. The molecular formula is C20H22N2O4. The number of carbonyl (C=O) groups excluding carboxylic acids is 1. The Kier molecular flexibility index (Phi) is 5.11. The topological polar surface area (TPSA) is 60.4 Å². The van der Waals surface area contributed by atoms with Crippen molar-refractivity contribution in [2.24, 2.45) is 5.10 Å². The fraction of sp³-hybridized carbons (Fsp3) is 0.300. The summed E-state index contributed by atoms with van der Waals surface area (Å²) in [5.74, 6) is 1.87. The number of nitrogens with zero attached hydrogens (tertiary/aromatic N) is 2. The van der Waals surface area contributed by atoms with Crippen LogP contribution < -0.4 is 14.2 Å². The molecule has 0 N–H and O–H groups in total. The highest BCUT2D eigenvalue weighted by molar-refractivity contribution is 6.03. The van der Waals surface area contributed by atoms with Crippen LogP contribution in [0, 0.1) is 0 Å². The van der Waals surface area contributed by atoms with E-state index in [4.69, 9.17) is 14.2 Å². The average Bonchev–Trinajstić information content (AvgIpc) is 3.13. The smallest absolute Gasteiger partial charge is 0.240 e. The molecule has 6 nitrogen and oxygen atoms in total. The van der Waals surface area contributed by atoms with E-state index in [2.05, 4.69) is 5.10 Å². The Balaban J connectivity index is 2.01. The van der Waals surface area contributed by atoms with Crippen LogP contribution in [0.5, 0.6) is 17.2 Å². The van der Waals surface area contributed by atoms with Gasteiger partial charge >= 0.3 is 0 Å². The number of hydrazone groups is 1. The lowest BCUT2D eigenvalue weighted by Crippen LogP contribution is -2.24. The van der Waals surface area contributed by atoms with Crippen molar-refractivity contribution in [3.8, 4) is 17.2 Å². The fourth-order valence-electron chi connectivity index (χ4n) is 3.19. The molecular weight excluding hydrogens is 332 g/mol. The van der Waals surface area contributed by atoms with Crippen LogP contribution in [0.1, 0.15) is 30.5 Å². The number of para-hydroxylation sites is 1. The Bertz CT molecular complexity index is 847. The van der Waals surface area contributed by atoms with E-state index in [0.717, 1.165) is 22.6 Å². The standard InChI is InChI=1S/C20H22N2O4/c1-13(23)22-18(16-9-6-10-19(25-3)20(16)26-4)12-17(21-22)14-7-5-8-15(11-14)24-2/h5-11,18H,12H2,1-4H3/t18-/m0/s1. The summed E-state index contributed by atoms with van der Waals surface area (Å²) in [6, 6.07) is 13.1. The third-order valence-electron chi connectivity index (χ3n) is 4.43. The van der Waals surface area contributed by atoms with Crippen LogP contribution in [0.15, 0.2) is 47.6 Å². The molecule has 3 rings (SSSR count). The van der Waals surface area contributed by atoms with Crippen LogP contribution in [-0.4, -0.2) is 38.0 Å². The molecule has 0 saturated carbocycles. The quantitative estimate of drug-likeness (QED) is 0.826. The molecule has 0 unspecified atom stereocenters. The largest absolute Gasteiger partial charge is 0.497 e. The predicted molar refractivity (Wildman–Crippen MR) is 99.0 cm³/mol. The summed E-state index contributed by atoms with van der Waals surface area (Å²) in [6.07, 6.45) is 0.580. The second-order valence-electron chi connectivity index (χ2n) is 5.94. The molecule has 2 aromatic carbocycles. The van der Waals surface area contributed by atoms with Crippen molar-refractivity contribution in [1.29, 1.82) is 0 Å². The lowest BCUT2D eigenvalue weighted by molar-refractivity contribution is -0.130. The van der Waals surface area contributed by atoms with E-state index in [1.165, 1.54) is 11.9 Å². The van der Waals surface area contributed by atoms with Gasteiger partial charge in [-0.25, -0.2) is 5.01 Å². The van der Waals surface area contributed by atoms with Crippen LogP contribution in [-0.2, 0) is 4.79 Å². The number of amides is 1. The van der Waals surface area contributed by atoms with E-state index >= 15 is 0 Å². The van der Waals surface area contributed by atoms with Gasteiger partial charge in [-0.2, -0.15) is 5.10 Å². The van der Waals surface area contributed by atoms with Crippen molar-refractivity contribution in [3.63, 3.8) is 0 Å². The highest BCUT2D eigenvalue weighted by Gasteiger charge is 2.34. The van der Waals surface area contributed by atoms with E-state index in [0.29, 0.717) is 17.9 Å². The van der Waals surface area contributed by atoms with Gasteiger partial charge in [0.2, 0.25) is 5.91 Å². The monoisotopic (exact) mass is 354 g/mol. The second-order valence-corrected chi connectivity index (χ2v) is 5.94. The van der Waals surface area contributed by atoms with E-state index in [1.807, 2.05) is 42.5 Å². The first-order valence-electron chi connectivity index (χ1n) is 8.31. The minimum absolute atomic E-state index is 0.127. The Hall–Kier alpha value is -3.02. The van der Waals surface area contributed by atoms with E-state index in [9.17, 15) is 4.79 Å². The number of carbonyl (C=O) groups is 1. The second kappa shape index (κ2) is 7.47. The third-order valence-corrected chi connectivity index (χ3v) is 4.43. The lowest BCUT2D eigenvalue weighted by atomic mass is 9.97. The molecule has 0 bridgehead atoms. The highest BCUT2D eigenvalue weighted by atomic mass is 16.5. The van der Waals surface area contributed by atoms with Crippen LogP contribution in [0.3, 0.4) is 0 Å². The molecule has 1 aliphatic heterocycles. The first-order valence-corrected chi connectivity index (χ1v) is 8.31. The molecule has 0 aromatic heterocycles. The Morgan fingerprint density at radius 2 is 1.85 bits per heavy atom. The fourth-order valence-corrected chi connectivity index (χ4v) is 3.19. The minimum atomic E-state index is -0.251. The zero-order valence-electron chi connectivity index (χ0n) is 15.4. The summed E-state index contributed by atoms with van der Waals surface area (Å²) < 4.78 is 16.2. The number of rotatable bonds is 5. The van der Waals surface area contributed by atoms with Crippen molar-refractivity contribution in [1.82, 2.24) is 5.01 Å². The van der Waals surface area contributed by atoms with Gasteiger partial charge in [0.1, 0.15) is 5.75 Å². The molecule has 26 heavy (non-hydrogen) atoms. The number of ether oxygens (including phenoxy) is 3. The average molecular weight is 354 g/mol. The van der Waals surface area contributed by atoms with Gasteiger partial charge in [0, 0.05) is 24.5 Å². The third kappa shape index (κ3) is 3.22. The van der Waals surface area contributed by atoms with Gasteiger partial charge < -0.3 is 14.2 Å². The maximum atomic E-state index is 12.2. The molecule has 1 aliphatic rings. The predicted octanol–water partition coefficient (Wildman–Crippen LogP) is 3.41. The Morgan fingerprint density at radius 1 is 1.08 bits per heavy atom. The van der Waals surface area contributed by atoms with Crippen LogP contribution in [0.4, 0.5) is 0 Å². The molecule has 0 fully saturated rings. The van der Waals surface area contributed by atoms with Gasteiger partial charge in [0.25, 0.3) is 0 Å². The minimum Gasteiger partial charge on any atom is -0.497 e. The van der Waals surface area contributed by atoms with Crippen LogP contribution in [0.25, 0.3) is 0 Å². The maximum Gasteiger partial charge on any atom is 0.240 e. The molecule has 136 valence electrons. The van der Waals surface area contributed by atoms with Crippen molar-refractivity contribution < 1.29 is 19.0 Å². The summed E-state index contributed by atoms with van der Waals surface area (Å²) >= 11 is 0. The van der Waals surface area contributed by atoms with Gasteiger partial charge in [0.05, 0.1) is 33.1 Å². The summed E-state index contributed by atoms with van der Waals surface area (Å²) in [5, 5.41) is 6.08. The van der Waals surface area contributed by atoms with Gasteiger partial charge in [-0.15, -0.1) is 0 Å². The molecule has 6 heteroatoms. The molecule has 1 heterocycles. The molecule has 2 aromatic rings. The summed E-state index contributed by atoms with van der Waals surface area (Å²) in [6.45, 7) is 1.51. The number of hydrogen-bond acceptors (Lipinski definition) is 5. The van der Waals surface area contributed by atoms with Crippen molar-refractivity contribution in [3.05, 3.63) is 53.6 Å². The number of hydrogen-bond donors (Lipinski definition) is 0. The SMILES string of the molecule is COc1cccc(C2=NN(C(C)=O)[C@H](c3cccc(OC)c3OC)C2)c1. The Labute approximate surface area is 153 Å². The van der Waals surface area contributed by atoms with E-state index in [-0.39, 0.29) is 11.9 Å². The molecule has 0 spiro atoms. The first kappa shape index (κ1) is 17.8. The molecule has 1 amide bonds. The van der Waals surface area contributed by atoms with Crippen LogP contribution >= 0.6 is 0 Å². The van der Waals surface area contributed by atoms with Crippen molar-refractivity contribution in [2.75, 3.05) is 21.3 Å². The molecule has 1 atom stereocenters. The summed E-state index contributed by atoms with van der Waals surface area (Å²) in [7, 11) is 4.82. The highest BCUT2D eigenvalue weighted by Crippen LogP contribution is 2.41. The lowest BCUT2D eigenvalue weighted by Gasteiger charge is -2.23. The zero-order chi connectivity index (χ0) is 18.7. The van der Waals surface area contributed by atoms with Gasteiger partial charge in [-0.05, 0) is 18.2 Å². The van der Waals surface area contributed by atoms with Gasteiger partial charge in [0.15, 0.2) is 11.5 Å². The molecule has 0 saturated heterocycles. The summed E-state index contributed by atoms with van der Waals surface area (Å²) in [4.78, 5) is 12.2. The zero-order valence-corrected chi connectivity index (χ0v) is 15.4. The first-order chi connectivity index (χ1) is 12.6. The van der Waals surface area contributed by atoms with Gasteiger partial charge in [-0.3, -0.25) is 4.79 Å². The van der Waals surface area contributed by atoms with E-state index < -0.39 is 0 Å². The van der Waals surface area contributed by atoms with Crippen molar-refractivity contribution >= 4 is 11.6 Å². The van der Waals surface area contributed by atoms with Gasteiger partial charge in [-0.1, -0.05) is 24.3 Å². The Morgan fingerprint density at radius 3 is 2.50 bits per heavy atom. The normalized spacial score (nSPS) is 16.2. The molecule has 0 aliphatic carbocycles. The molecule has 0 radical (unpaired) electrons. The number of benzene rings is 2.